The number of carbonyl (C=O) groups is 2. The normalized spacial score (nSPS) is 14.0. The summed E-state index contributed by atoms with van der Waals surface area (Å²) in [7, 11) is 1.31. The molecule has 2 atom stereocenters. The summed E-state index contributed by atoms with van der Waals surface area (Å²) in [6.45, 7) is 2.01. The van der Waals surface area contributed by atoms with Gasteiger partial charge in [0.05, 0.1) is 0 Å². The van der Waals surface area contributed by atoms with Gasteiger partial charge in [-0.05, 0) is 0 Å². The number of halogens is 2. The van der Waals surface area contributed by atoms with Crippen molar-refractivity contribution in [3.8, 4) is 0 Å². The SMILES string of the molecule is CCOC(=O)C(Cl)C[Se]C(CCl)C(=O)OC. The number of esters is 2. The Morgan fingerprint density at radius 1 is 1.38 bits per heavy atom. The summed E-state index contributed by atoms with van der Waals surface area (Å²) in [5, 5.41) is -0.310. The molecule has 0 aliphatic rings. The van der Waals surface area contributed by atoms with E-state index in [0.717, 1.165) is 0 Å². The molecule has 0 aliphatic heterocycles. The van der Waals surface area contributed by atoms with Gasteiger partial charge in [0.2, 0.25) is 0 Å². The fraction of sp³-hybridized carbons (Fsp3) is 0.778. The Morgan fingerprint density at radius 3 is 2.44 bits per heavy atom. The first-order valence-corrected chi connectivity index (χ1v) is 7.80. The number of rotatable bonds is 7. The van der Waals surface area contributed by atoms with Crippen molar-refractivity contribution < 1.29 is 19.1 Å². The first-order valence-electron chi connectivity index (χ1n) is 4.62. The van der Waals surface area contributed by atoms with Crippen LogP contribution in [0.3, 0.4) is 0 Å². The zero-order chi connectivity index (χ0) is 12.6. The van der Waals surface area contributed by atoms with Crippen LogP contribution in [0.1, 0.15) is 6.92 Å². The van der Waals surface area contributed by atoms with Gasteiger partial charge in [-0.15, -0.1) is 0 Å². The zero-order valence-electron chi connectivity index (χ0n) is 9.07. The minimum absolute atomic E-state index is 0.173. The summed E-state index contributed by atoms with van der Waals surface area (Å²) in [5.41, 5.74) is 0. The maximum absolute atomic E-state index is 11.2. The van der Waals surface area contributed by atoms with Crippen LogP contribution in [-0.4, -0.2) is 51.9 Å². The summed E-state index contributed by atoms with van der Waals surface area (Å²) < 4.78 is 9.32. The molecular formula is C9H14Cl2O4Se. The van der Waals surface area contributed by atoms with Crippen LogP contribution in [0.25, 0.3) is 0 Å². The van der Waals surface area contributed by atoms with E-state index in [0.29, 0.717) is 11.9 Å². The molecule has 4 nitrogen and oxygen atoms in total. The van der Waals surface area contributed by atoms with Crippen molar-refractivity contribution in [3.05, 3.63) is 0 Å². The van der Waals surface area contributed by atoms with Crippen molar-refractivity contribution in [1.29, 1.82) is 0 Å². The molecule has 0 radical (unpaired) electrons. The molecule has 0 heterocycles. The summed E-state index contributed by atoms with van der Waals surface area (Å²) in [4.78, 5) is 22.0. The maximum atomic E-state index is 11.2. The quantitative estimate of drug-likeness (QED) is 0.402. The molecule has 0 saturated carbocycles. The average Bonchev–Trinajstić information content (AvgIpc) is 2.29. The average molecular weight is 336 g/mol. The summed E-state index contributed by atoms with van der Waals surface area (Å²) in [6.07, 6.45) is 0. The molecule has 0 amide bonds. The van der Waals surface area contributed by atoms with Crippen molar-refractivity contribution in [2.24, 2.45) is 0 Å². The number of alkyl halides is 2. The second-order valence-electron chi connectivity index (χ2n) is 2.72. The van der Waals surface area contributed by atoms with Crippen LogP contribution in [0.15, 0.2) is 0 Å². The van der Waals surface area contributed by atoms with E-state index in [1.807, 2.05) is 0 Å². The Morgan fingerprint density at radius 2 is 2.00 bits per heavy atom. The van der Waals surface area contributed by atoms with Crippen LogP contribution < -0.4 is 0 Å². The van der Waals surface area contributed by atoms with Crippen molar-refractivity contribution in [2.45, 2.75) is 22.4 Å². The van der Waals surface area contributed by atoms with Gasteiger partial charge in [-0.3, -0.25) is 0 Å². The minimum atomic E-state index is -0.713. The van der Waals surface area contributed by atoms with Crippen LogP contribution in [-0.2, 0) is 19.1 Å². The summed E-state index contributed by atoms with van der Waals surface area (Å²) in [5.74, 6) is -0.633. The van der Waals surface area contributed by atoms with E-state index >= 15 is 0 Å². The van der Waals surface area contributed by atoms with E-state index in [4.69, 9.17) is 27.9 Å². The van der Waals surface area contributed by atoms with Crippen LogP contribution in [0, 0.1) is 0 Å². The van der Waals surface area contributed by atoms with Crippen molar-refractivity contribution in [1.82, 2.24) is 0 Å². The third kappa shape index (κ3) is 5.94. The number of hydrogen-bond donors (Lipinski definition) is 0. The predicted octanol–water partition coefficient (Wildman–Crippen LogP) is 1.48. The zero-order valence-corrected chi connectivity index (χ0v) is 12.3. The molecule has 0 aromatic carbocycles. The molecule has 0 aromatic rings. The topological polar surface area (TPSA) is 52.6 Å². The third-order valence-corrected chi connectivity index (χ3v) is 5.76. The number of methoxy groups -OCH3 is 1. The molecule has 0 spiro atoms. The fourth-order valence-corrected chi connectivity index (χ4v) is 3.64. The molecule has 0 aromatic heterocycles. The van der Waals surface area contributed by atoms with E-state index < -0.39 is 11.3 Å². The fourth-order valence-electron chi connectivity index (χ4n) is 0.808. The standard InChI is InChI=1S/C9H14Cl2O4Se/c1-3-15-8(12)6(11)5-16-7(4-10)9(13)14-2/h6-7H,3-5H2,1-2H3. The van der Waals surface area contributed by atoms with Crippen molar-refractivity contribution in [2.75, 3.05) is 19.6 Å². The molecule has 2 unspecified atom stereocenters. The Kier molecular flexibility index (Phi) is 9.13. The number of hydrogen-bond acceptors (Lipinski definition) is 4. The Labute approximate surface area is 111 Å². The van der Waals surface area contributed by atoms with Gasteiger partial charge < -0.3 is 0 Å². The third-order valence-electron chi connectivity index (χ3n) is 1.59. The predicted molar refractivity (Wildman–Crippen MR) is 63.3 cm³/mol. The number of carbonyl (C=O) groups excluding carboxylic acids is 2. The first kappa shape index (κ1) is 16.0. The summed E-state index contributed by atoms with van der Waals surface area (Å²) >= 11 is 11.3. The molecule has 16 heavy (non-hydrogen) atoms. The van der Waals surface area contributed by atoms with Crippen LogP contribution in [0.2, 0.25) is 10.1 Å². The van der Waals surface area contributed by atoms with Gasteiger partial charge in [0.1, 0.15) is 0 Å². The molecule has 0 bridgehead atoms. The van der Waals surface area contributed by atoms with Gasteiger partial charge in [0.15, 0.2) is 0 Å². The molecule has 7 heteroatoms. The number of ether oxygens (including phenoxy) is 2. The van der Waals surface area contributed by atoms with Crippen LogP contribution in [0.5, 0.6) is 0 Å². The van der Waals surface area contributed by atoms with Gasteiger partial charge in [0, 0.05) is 0 Å². The van der Waals surface area contributed by atoms with E-state index in [1.54, 1.807) is 6.92 Å². The Balaban J connectivity index is 4.01. The first-order chi connectivity index (χ1) is 7.56. The Hall–Kier alpha value is 0.0395. The van der Waals surface area contributed by atoms with Gasteiger partial charge in [-0.1, -0.05) is 0 Å². The second kappa shape index (κ2) is 9.11. The van der Waals surface area contributed by atoms with E-state index in [9.17, 15) is 9.59 Å². The molecule has 0 fully saturated rings. The van der Waals surface area contributed by atoms with E-state index in [2.05, 4.69) is 4.74 Å². The Bertz CT molecular complexity index is 238. The molecule has 0 N–H and O–H groups in total. The van der Waals surface area contributed by atoms with E-state index in [1.165, 1.54) is 7.11 Å². The van der Waals surface area contributed by atoms with Gasteiger partial charge >= 0.3 is 111 Å². The van der Waals surface area contributed by atoms with Gasteiger partial charge in [0.25, 0.3) is 0 Å². The van der Waals surface area contributed by atoms with Crippen molar-refractivity contribution >= 4 is 50.1 Å². The molecular weight excluding hydrogens is 322 g/mol. The van der Waals surface area contributed by atoms with Crippen molar-refractivity contribution in [3.63, 3.8) is 0 Å². The molecule has 0 rings (SSSR count). The van der Waals surface area contributed by atoms with Gasteiger partial charge in [-0.2, -0.15) is 0 Å². The summed E-state index contributed by atoms with van der Waals surface area (Å²) in [6, 6.07) is 0. The second-order valence-corrected chi connectivity index (χ2v) is 6.15. The molecule has 0 aliphatic carbocycles. The van der Waals surface area contributed by atoms with E-state index in [-0.39, 0.29) is 31.6 Å². The van der Waals surface area contributed by atoms with Crippen LogP contribution in [0.4, 0.5) is 0 Å². The molecule has 0 saturated heterocycles. The molecule has 94 valence electrons. The monoisotopic (exact) mass is 336 g/mol. The van der Waals surface area contributed by atoms with Crippen LogP contribution >= 0.6 is 23.2 Å². The van der Waals surface area contributed by atoms with Gasteiger partial charge in [-0.25, -0.2) is 0 Å².